The van der Waals surface area contributed by atoms with E-state index in [0.29, 0.717) is 5.95 Å². The first-order valence-electron chi connectivity index (χ1n) is 8.70. The Morgan fingerprint density at radius 2 is 2.00 bits per heavy atom. The molecule has 1 aromatic heterocycles. The highest BCUT2D eigenvalue weighted by molar-refractivity contribution is 5.43. The van der Waals surface area contributed by atoms with Crippen molar-refractivity contribution in [3.8, 4) is 5.75 Å². The molecular formula is C19H26N4O. The van der Waals surface area contributed by atoms with E-state index in [1.165, 1.54) is 18.4 Å². The Morgan fingerprint density at radius 1 is 1.21 bits per heavy atom. The van der Waals surface area contributed by atoms with Crippen LogP contribution in [-0.4, -0.2) is 36.7 Å². The van der Waals surface area contributed by atoms with Crippen molar-refractivity contribution in [2.24, 2.45) is 5.92 Å². The van der Waals surface area contributed by atoms with Gasteiger partial charge in [-0.1, -0.05) is 25.1 Å². The number of rotatable bonds is 6. The van der Waals surface area contributed by atoms with E-state index in [2.05, 4.69) is 33.2 Å². The maximum atomic E-state index is 5.39. The van der Waals surface area contributed by atoms with Gasteiger partial charge in [-0.15, -0.1) is 0 Å². The van der Waals surface area contributed by atoms with Gasteiger partial charge in [0.2, 0.25) is 5.95 Å². The molecule has 0 radical (unpaired) electrons. The van der Waals surface area contributed by atoms with Gasteiger partial charge in [0.1, 0.15) is 11.6 Å². The van der Waals surface area contributed by atoms with Crippen LogP contribution < -0.4 is 15.0 Å². The molecule has 2 aromatic rings. The summed E-state index contributed by atoms with van der Waals surface area (Å²) in [6.45, 7) is 5.26. The minimum absolute atomic E-state index is 0.695. The maximum Gasteiger partial charge on any atom is 0.224 e. The summed E-state index contributed by atoms with van der Waals surface area (Å²) >= 11 is 0. The third-order valence-electron chi connectivity index (χ3n) is 4.62. The fourth-order valence-electron chi connectivity index (χ4n) is 3.07. The number of piperidine rings is 1. The van der Waals surface area contributed by atoms with E-state index in [0.717, 1.165) is 43.5 Å². The predicted molar refractivity (Wildman–Crippen MR) is 97.8 cm³/mol. The number of para-hydroxylation sites is 1. The fraction of sp³-hybridized carbons (Fsp3) is 0.474. The summed E-state index contributed by atoms with van der Waals surface area (Å²) in [6.07, 6.45) is 5.19. The molecule has 1 N–H and O–H groups in total. The van der Waals surface area contributed by atoms with Crippen LogP contribution in [0.2, 0.25) is 0 Å². The average molecular weight is 326 g/mol. The summed E-state index contributed by atoms with van der Waals surface area (Å²) < 4.78 is 5.39. The summed E-state index contributed by atoms with van der Waals surface area (Å²) in [5, 5.41) is 3.33. The van der Waals surface area contributed by atoms with Crippen LogP contribution >= 0.6 is 0 Å². The van der Waals surface area contributed by atoms with Crippen molar-refractivity contribution in [2.75, 3.05) is 37.0 Å². The third-order valence-corrected chi connectivity index (χ3v) is 4.62. The Morgan fingerprint density at radius 3 is 2.79 bits per heavy atom. The lowest BCUT2D eigenvalue weighted by atomic mass is 9.99. The number of methoxy groups -OCH3 is 1. The van der Waals surface area contributed by atoms with Crippen LogP contribution in [0.3, 0.4) is 0 Å². The number of hydrogen-bond donors (Lipinski definition) is 1. The molecule has 0 atom stereocenters. The van der Waals surface area contributed by atoms with Crippen LogP contribution in [0.25, 0.3) is 0 Å². The van der Waals surface area contributed by atoms with Crippen molar-refractivity contribution in [1.82, 2.24) is 9.97 Å². The van der Waals surface area contributed by atoms with Gasteiger partial charge < -0.3 is 15.0 Å². The monoisotopic (exact) mass is 326 g/mol. The topological polar surface area (TPSA) is 50.3 Å². The van der Waals surface area contributed by atoms with Crippen molar-refractivity contribution < 1.29 is 4.74 Å². The Bertz CT molecular complexity index is 653. The standard InChI is InChI=1S/C19H26N4O/c1-15-9-13-23(14-10-15)18-8-12-21-19(22-18)20-11-7-16-5-3-4-6-17(16)24-2/h3-6,8,12,15H,7,9-11,13-14H2,1-2H3,(H,20,21,22). The lowest BCUT2D eigenvalue weighted by Gasteiger charge is -2.31. The number of benzene rings is 1. The van der Waals surface area contributed by atoms with Crippen LogP contribution in [0.4, 0.5) is 11.8 Å². The normalized spacial score (nSPS) is 15.3. The number of ether oxygens (including phenoxy) is 1. The Kier molecular flexibility index (Phi) is 5.51. The maximum absolute atomic E-state index is 5.39. The molecule has 5 heteroatoms. The Hall–Kier alpha value is -2.30. The number of anilines is 2. The van der Waals surface area contributed by atoms with E-state index in [4.69, 9.17) is 4.74 Å². The first kappa shape index (κ1) is 16.6. The van der Waals surface area contributed by atoms with E-state index in [9.17, 15) is 0 Å². The molecule has 1 aliphatic rings. The van der Waals surface area contributed by atoms with Gasteiger partial charge in [0.25, 0.3) is 0 Å². The predicted octanol–water partition coefficient (Wildman–Crippen LogP) is 3.38. The third kappa shape index (κ3) is 4.16. The van der Waals surface area contributed by atoms with Crippen molar-refractivity contribution in [3.63, 3.8) is 0 Å². The second-order valence-corrected chi connectivity index (χ2v) is 6.40. The molecule has 128 valence electrons. The number of aromatic nitrogens is 2. The highest BCUT2D eigenvalue weighted by Gasteiger charge is 2.17. The molecule has 1 saturated heterocycles. The second-order valence-electron chi connectivity index (χ2n) is 6.40. The van der Waals surface area contributed by atoms with Crippen LogP contribution in [0.5, 0.6) is 5.75 Å². The second kappa shape index (κ2) is 7.99. The van der Waals surface area contributed by atoms with Crippen LogP contribution in [-0.2, 0) is 6.42 Å². The fourth-order valence-corrected chi connectivity index (χ4v) is 3.07. The molecule has 0 saturated carbocycles. The lowest BCUT2D eigenvalue weighted by Crippen LogP contribution is -2.33. The van der Waals surface area contributed by atoms with Gasteiger partial charge in [-0.05, 0) is 42.9 Å². The van der Waals surface area contributed by atoms with Crippen LogP contribution in [0, 0.1) is 5.92 Å². The zero-order valence-corrected chi connectivity index (χ0v) is 14.5. The van der Waals surface area contributed by atoms with Crippen LogP contribution in [0.1, 0.15) is 25.3 Å². The van der Waals surface area contributed by atoms with Crippen LogP contribution in [0.15, 0.2) is 36.5 Å². The quantitative estimate of drug-likeness (QED) is 0.882. The lowest BCUT2D eigenvalue weighted by molar-refractivity contribution is 0.410. The van der Waals surface area contributed by atoms with E-state index < -0.39 is 0 Å². The van der Waals surface area contributed by atoms with Gasteiger partial charge in [-0.2, -0.15) is 4.98 Å². The van der Waals surface area contributed by atoms with Crippen molar-refractivity contribution >= 4 is 11.8 Å². The summed E-state index contributed by atoms with van der Waals surface area (Å²) in [4.78, 5) is 11.4. The molecule has 1 aromatic carbocycles. The van der Waals surface area contributed by atoms with E-state index in [1.807, 2.05) is 30.5 Å². The van der Waals surface area contributed by atoms with Gasteiger partial charge >= 0.3 is 0 Å². The van der Waals surface area contributed by atoms with Gasteiger partial charge in [-0.3, -0.25) is 0 Å². The SMILES string of the molecule is COc1ccccc1CCNc1nccc(N2CCC(C)CC2)n1. The molecule has 0 aliphatic carbocycles. The largest absolute Gasteiger partial charge is 0.496 e. The minimum atomic E-state index is 0.695. The van der Waals surface area contributed by atoms with Crippen molar-refractivity contribution in [1.29, 1.82) is 0 Å². The first-order chi connectivity index (χ1) is 11.8. The number of nitrogens with one attached hydrogen (secondary N) is 1. The number of hydrogen-bond acceptors (Lipinski definition) is 5. The van der Waals surface area contributed by atoms with Crippen molar-refractivity contribution in [3.05, 3.63) is 42.1 Å². The van der Waals surface area contributed by atoms with Gasteiger partial charge in [0, 0.05) is 25.8 Å². The molecule has 0 amide bonds. The van der Waals surface area contributed by atoms with Gasteiger partial charge in [-0.25, -0.2) is 4.98 Å². The molecule has 3 rings (SSSR count). The van der Waals surface area contributed by atoms with E-state index in [-0.39, 0.29) is 0 Å². The summed E-state index contributed by atoms with van der Waals surface area (Å²) in [6, 6.07) is 10.1. The van der Waals surface area contributed by atoms with Gasteiger partial charge in [0.15, 0.2) is 0 Å². The molecule has 2 heterocycles. The molecule has 0 bridgehead atoms. The summed E-state index contributed by atoms with van der Waals surface area (Å²) in [5.74, 6) is 3.47. The summed E-state index contributed by atoms with van der Waals surface area (Å²) in [7, 11) is 1.71. The Balaban J connectivity index is 1.57. The molecule has 1 fully saturated rings. The van der Waals surface area contributed by atoms with Gasteiger partial charge in [0.05, 0.1) is 7.11 Å². The molecular weight excluding hydrogens is 300 g/mol. The smallest absolute Gasteiger partial charge is 0.224 e. The highest BCUT2D eigenvalue weighted by atomic mass is 16.5. The molecule has 1 aliphatic heterocycles. The van der Waals surface area contributed by atoms with Crippen molar-refractivity contribution in [2.45, 2.75) is 26.2 Å². The Labute approximate surface area is 144 Å². The van der Waals surface area contributed by atoms with E-state index in [1.54, 1.807) is 7.11 Å². The average Bonchev–Trinajstić information content (AvgIpc) is 2.63. The zero-order chi connectivity index (χ0) is 16.8. The molecule has 5 nitrogen and oxygen atoms in total. The highest BCUT2D eigenvalue weighted by Crippen LogP contribution is 2.22. The molecule has 0 unspecified atom stereocenters. The molecule has 0 spiro atoms. The minimum Gasteiger partial charge on any atom is -0.496 e. The number of nitrogens with zero attached hydrogens (tertiary/aromatic N) is 3. The summed E-state index contributed by atoms with van der Waals surface area (Å²) in [5.41, 5.74) is 1.19. The first-order valence-corrected chi connectivity index (χ1v) is 8.70. The molecule has 24 heavy (non-hydrogen) atoms. The van der Waals surface area contributed by atoms with E-state index >= 15 is 0 Å². The zero-order valence-electron chi connectivity index (χ0n) is 14.5.